The Bertz CT molecular complexity index is 376. The average Bonchev–Trinajstić information content (AvgIpc) is 2.09. The Morgan fingerprint density at radius 1 is 1.46 bits per heavy atom. The van der Waals surface area contributed by atoms with E-state index in [-0.39, 0.29) is 0 Å². The summed E-state index contributed by atoms with van der Waals surface area (Å²) in [7, 11) is -3.45. The van der Waals surface area contributed by atoms with Gasteiger partial charge in [0.15, 0.2) is 0 Å². The first-order chi connectivity index (χ1) is 6.03. The topological polar surface area (TPSA) is 59.1 Å². The summed E-state index contributed by atoms with van der Waals surface area (Å²) in [5, 5.41) is -0.191. The molecule has 0 aliphatic carbocycles. The average molecular weight is 241 g/mol. The van der Waals surface area contributed by atoms with E-state index < -0.39 is 15.2 Å². The second-order valence-corrected chi connectivity index (χ2v) is 4.89. The zero-order valence-electron chi connectivity index (χ0n) is 6.37. The number of anilines is 1. The number of hydrogen-bond donors (Lipinski definition) is 1. The first-order valence-electron chi connectivity index (χ1n) is 3.21. The molecule has 0 saturated heterocycles. The summed E-state index contributed by atoms with van der Waals surface area (Å²) in [6, 6.07) is 2.98. The van der Waals surface area contributed by atoms with Gasteiger partial charge in [0.25, 0.3) is 0 Å². The molecule has 0 aromatic carbocycles. The van der Waals surface area contributed by atoms with E-state index in [1.54, 1.807) is 0 Å². The van der Waals surface area contributed by atoms with Gasteiger partial charge in [-0.2, -0.15) is 0 Å². The van der Waals surface area contributed by atoms with Crippen LogP contribution in [0.3, 0.4) is 0 Å². The van der Waals surface area contributed by atoms with Gasteiger partial charge in [-0.05, 0) is 12.1 Å². The molecule has 7 heteroatoms. The molecule has 0 amide bonds. The monoisotopic (exact) mass is 240 g/mol. The smallest absolute Gasteiger partial charge is 0.246 e. The van der Waals surface area contributed by atoms with Crippen molar-refractivity contribution >= 4 is 38.9 Å². The minimum absolute atomic E-state index is 0.300. The lowest BCUT2D eigenvalue weighted by Gasteiger charge is -2.03. The summed E-state index contributed by atoms with van der Waals surface area (Å²) in [6.07, 6.45) is 1.31. The van der Waals surface area contributed by atoms with Crippen LogP contribution < -0.4 is 4.72 Å². The molecular weight excluding hydrogens is 235 g/mol. The molecule has 0 fully saturated rings. The van der Waals surface area contributed by atoms with Gasteiger partial charge in [0, 0.05) is 0 Å². The highest BCUT2D eigenvalue weighted by Crippen LogP contribution is 2.11. The van der Waals surface area contributed by atoms with Gasteiger partial charge in [-0.25, -0.2) is 13.4 Å². The number of alkyl halides is 1. The van der Waals surface area contributed by atoms with Crippen LogP contribution in [-0.2, 0) is 10.0 Å². The fourth-order valence-electron chi connectivity index (χ4n) is 0.643. The highest BCUT2D eigenvalue weighted by molar-refractivity contribution is 7.93. The number of nitrogens with zero attached hydrogens (tertiary/aromatic N) is 1. The fourth-order valence-corrected chi connectivity index (χ4v) is 1.45. The molecule has 0 bridgehead atoms. The molecule has 0 atom stereocenters. The molecule has 1 aromatic heterocycles. The van der Waals surface area contributed by atoms with Crippen molar-refractivity contribution in [1.82, 2.24) is 4.98 Å². The third kappa shape index (κ3) is 3.38. The van der Waals surface area contributed by atoms with Gasteiger partial charge in [0.05, 0.1) is 11.9 Å². The van der Waals surface area contributed by atoms with Gasteiger partial charge < -0.3 is 0 Å². The van der Waals surface area contributed by atoms with Crippen molar-refractivity contribution in [3.63, 3.8) is 0 Å². The van der Waals surface area contributed by atoms with Crippen molar-refractivity contribution in [2.45, 2.75) is 0 Å². The van der Waals surface area contributed by atoms with Crippen molar-refractivity contribution in [3.8, 4) is 0 Å². The first kappa shape index (κ1) is 10.6. The molecule has 4 nitrogen and oxygen atoms in total. The maximum Gasteiger partial charge on any atom is 0.246 e. The molecule has 1 N–H and O–H groups in total. The fraction of sp³-hybridized carbons (Fsp3) is 0.167. The van der Waals surface area contributed by atoms with Crippen molar-refractivity contribution < 1.29 is 8.42 Å². The highest BCUT2D eigenvalue weighted by Gasteiger charge is 2.07. The van der Waals surface area contributed by atoms with Gasteiger partial charge in [0.1, 0.15) is 10.4 Å². The van der Waals surface area contributed by atoms with E-state index in [1.807, 2.05) is 0 Å². The maximum absolute atomic E-state index is 10.9. The Kier molecular flexibility index (Phi) is 3.35. The Balaban J connectivity index is 2.82. The van der Waals surface area contributed by atoms with Crippen LogP contribution >= 0.6 is 23.2 Å². The van der Waals surface area contributed by atoms with Crippen molar-refractivity contribution in [1.29, 1.82) is 0 Å². The zero-order valence-corrected chi connectivity index (χ0v) is 8.70. The highest BCUT2D eigenvalue weighted by atomic mass is 35.5. The first-order valence-corrected chi connectivity index (χ1v) is 5.78. The van der Waals surface area contributed by atoms with E-state index in [0.29, 0.717) is 10.8 Å². The predicted octanol–water partition coefficient (Wildman–Crippen LogP) is 1.67. The SMILES string of the molecule is O=S(=O)(CCl)Nc1ccc(Cl)nc1. The molecule has 1 heterocycles. The molecule has 72 valence electrons. The molecule has 13 heavy (non-hydrogen) atoms. The predicted molar refractivity (Wildman–Crippen MR) is 52.5 cm³/mol. The number of sulfonamides is 1. The van der Waals surface area contributed by atoms with E-state index in [2.05, 4.69) is 9.71 Å². The van der Waals surface area contributed by atoms with Crippen LogP contribution in [0.5, 0.6) is 0 Å². The molecule has 0 spiro atoms. The molecule has 0 unspecified atom stereocenters. The van der Waals surface area contributed by atoms with E-state index in [4.69, 9.17) is 23.2 Å². The van der Waals surface area contributed by atoms with Crippen LogP contribution in [0.25, 0.3) is 0 Å². The number of hydrogen-bond acceptors (Lipinski definition) is 3. The minimum atomic E-state index is -3.45. The molecule has 1 aromatic rings. The largest absolute Gasteiger partial charge is 0.281 e. The second kappa shape index (κ2) is 4.13. The Labute approximate surface area is 85.9 Å². The summed E-state index contributed by atoms with van der Waals surface area (Å²) in [5.41, 5.74) is 0.338. The van der Waals surface area contributed by atoms with Crippen molar-refractivity contribution in [3.05, 3.63) is 23.5 Å². The molecule has 0 saturated carbocycles. The van der Waals surface area contributed by atoms with Crippen LogP contribution in [0.4, 0.5) is 5.69 Å². The Hall–Kier alpha value is -0.520. The molecule has 0 aliphatic heterocycles. The van der Waals surface area contributed by atoms with Crippen LogP contribution in [0.2, 0.25) is 5.15 Å². The van der Waals surface area contributed by atoms with Crippen LogP contribution in [-0.4, -0.2) is 18.6 Å². The molecule has 1 rings (SSSR count). The van der Waals surface area contributed by atoms with Crippen molar-refractivity contribution in [2.75, 3.05) is 9.93 Å². The summed E-state index contributed by atoms with van der Waals surface area (Å²) in [6.45, 7) is 0. The normalized spacial score (nSPS) is 11.2. The third-order valence-electron chi connectivity index (χ3n) is 1.14. The quantitative estimate of drug-likeness (QED) is 0.646. The molecule has 0 radical (unpaired) electrons. The lowest BCUT2D eigenvalue weighted by atomic mass is 10.4. The summed E-state index contributed by atoms with van der Waals surface area (Å²) < 4.78 is 24.1. The van der Waals surface area contributed by atoms with E-state index in [0.717, 1.165) is 0 Å². The van der Waals surface area contributed by atoms with Crippen LogP contribution in [0.15, 0.2) is 18.3 Å². The van der Waals surface area contributed by atoms with E-state index >= 15 is 0 Å². The summed E-state index contributed by atoms with van der Waals surface area (Å²) in [4.78, 5) is 3.69. The number of aromatic nitrogens is 1. The lowest BCUT2D eigenvalue weighted by Crippen LogP contribution is -2.13. The zero-order chi connectivity index (χ0) is 9.90. The number of halogens is 2. The minimum Gasteiger partial charge on any atom is -0.281 e. The number of pyridine rings is 1. The van der Waals surface area contributed by atoms with Gasteiger partial charge in [0.2, 0.25) is 10.0 Å². The third-order valence-corrected chi connectivity index (χ3v) is 3.06. The van der Waals surface area contributed by atoms with E-state index in [9.17, 15) is 8.42 Å². The lowest BCUT2D eigenvalue weighted by molar-refractivity contribution is 0.605. The molecule has 0 aliphatic rings. The van der Waals surface area contributed by atoms with Gasteiger partial charge >= 0.3 is 0 Å². The van der Waals surface area contributed by atoms with Gasteiger partial charge in [-0.15, -0.1) is 11.6 Å². The molecular formula is C6H6Cl2N2O2S. The summed E-state index contributed by atoms with van der Waals surface area (Å²) >= 11 is 10.7. The van der Waals surface area contributed by atoms with Crippen LogP contribution in [0.1, 0.15) is 0 Å². The van der Waals surface area contributed by atoms with E-state index in [1.165, 1.54) is 18.3 Å². The van der Waals surface area contributed by atoms with Gasteiger partial charge in [-0.3, -0.25) is 4.72 Å². The summed E-state index contributed by atoms with van der Waals surface area (Å²) in [5.74, 6) is 0. The van der Waals surface area contributed by atoms with Gasteiger partial charge in [-0.1, -0.05) is 11.6 Å². The Morgan fingerprint density at radius 3 is 2.62 bits per heavy atom. The van der Waals surface area contributed by atoms with Crippen molar-refractivity contribution in [2.24, 2.45) is 0 Å². The number of nitrogens with one attached hydrogen (secondary N) is 1. The second-order valence-electron chi connectivity index (χ2n) is 2.20. The number of rotatable bonds is 3. The Morgan fingerprint density at radius 2 is 2.15 bits per heavy atom. The van der Waals surface area contributed by atoms with Crippen LogP contribution in [0, 0.1) is 0 Å². The standard InChI is InChI=1S/C6H6Cl2N2O2S/c7-4-13(11,12)10-5-1-2-6(8)9-3-5/h1-3,10H,4H2. The maximum atomic E-state index is 10.9.